The van der Waals surface area contributed by atoms with E-state index in [9.17, 15) is 4.79 Å². The van der Waals surface area contributed by atoms with E-state index in [2.05, 4.69) is 33.0 Å². The molecule has 2 rings (SSSR count). The van der Waals surface area contributed by atoms with Gasteiger partial charge < -0.3 is 10.1 Å². The summed E-state index contributed by atoms with van der Waals surface area (Å²) >= 11 is 1.50. The van der Waals surface area contributed by atoms with E-state index in [0.717, 1.165) is 37.3 Å². The second-order valence-corrected chi connectivity index (χ2v) is 8.24. The van der Waals surface area contributed by atoms with E-state index in [-0.39, 0.29) is 11.5 Å². The first-order valence-electron chi connectivity index (χ1n) is 8.35. The molecular formula is C18H29NO2S. The Hall–Kier alpha value is -0.870. The third-order valence-electron chi connectivity index (χ3n) is 4.71. The van der Waals surface area contributed by atoms with Gasteiger partial charge in [0.15, 0.2) is 0 Å². The third-order valence-corrected chi connectivity index (χ3v) is 5.57. The third kappa shape index (κ3) is 4.82. The van der Waals surface area contributed by atoms with Crippen molar-refractivity contribution in [3.63, 3.8) is 0 Å². The van der Waals surface area contributed by atoms with Gasteiger partial charge in [-0.25, -0.2) is 0 Å². The van der Waals surface area contributed by atoms with Crippen LogP contribution >= 0.6 is 11.3 Å². The molecule has 22 heavy (non-hydrogen) atoms. The molecule has 1 fully saturated rings. The van der Waals surface area contributed by atoms with Crippen LogP contribution in [0.4, 0.5) is 0 Å². The van der Waals surface area contributed by atoms with Crippen LogP contribution in [0.5, 0.6) is 0 Å². The highest BCUT2D eigenvalue weighted by atomic mass is 32.1. The summed E-state index contributed by atoms with van der Waals surface area (Å²) in [6.07, 6.45) is 3.31. The smallest absolute Gasteiger partial charge is 0.261 e. The summed E-state index contributed by atoms with van der Waals surface area (Å²) in [5.41, 5.74) is -0.00370. The number of thiophene rings is 1. The van der Waals surface area contributed by atoms with Gasteiger partial charge in [-0.3, -0.25) is 4.79 Å². The minimum atomic E-state index is -0.00370. The maximum Gasteiger partial charge on any atom is 0.261 e. The fraction of sp³-hybridized carbons (Fsp3) is 0.722. The molecule has 2 atom stereocenters. The zero-order chi connectivity index (χ0) is 16.2. The Labute approximate surface area is 138 Å². The van der Waals surface area contributed by atoms with Crippen molar-refractivity contribution in [3.05, 3.63) is 22.4 Å². The first-order valence-corrected chi connectivity index (χ1v) is 9.22. The molecule has 1 saturated heterocycles. The second-order valence-electron chi connectivity index (χ2n) is 7.29. The topological polar surface area (TPSA) is 38.3 Å². The molecule has 3 nitrogen and oxygen atoms in total. The van der Waals surface area contributed by atoms with Gasteiger partial charge >= 0.3 is 0 Å². The molecule has 1 amide bonds. The molecule has 0 aromatic carbocycles. The molecule has 0 bridgehead atoms. The van der Waals surface area contributed by atoms with Crippen molar-refractivity contribution >= 4 is 17.2 Å². The largest absolute Gasteiger partial charge is 0.376 e. The maximum absolute atomic E-state index is 12.0. The zero-order valence-corrected chi connectivity index (χ0v) is 15.0. The molecule has 0 unspecified atom stereocenters. The fourth-order valence-electron chi connectivity index (χ4n) is 3.61. The average molecular weight is 324 g/mol. The van der Waals surface area contributed by atoms with Crippen LogP contribution in [0, 0.1) is 17.8 Å². The number of carbonyl (C=O) groups excluding carboxylic acids is 1. The van der Waals surface area contributed by atoms with Crippen molar-refractivity contribution in [2.45, 2.75) is 52.6 Å². The van der Waals surface area contributed by atoms with Crippen LogP contribution in [-0.4, -0.2) is 24.7 Å². The molecule has 4 heteroatoms. The molecule has 0 saturated carbocycles. The van der Waals surface area contributed by atoms with E-state index in [0.29, 0.717) is 17.8 Å². The molecule has 1 N–H and O–H groups in total. The lowest BCUT2D eigenvalue weighted by Crippen LogP contribution is -2.39. The Morgan fingerprint density at radius 1 is 1.50 bits per heavy atom. The predicted molar refractivity (Wildman–Crippen MR) is 92.4 cm³/mol. The number of nitrogens with one attached hydrogen (secondary N) is 1. The number of ether oxygens (including phenoxy) is 1. The SMILES string of the molecule is CC(C)[C@H](CCNC(=O)c1cccs1)[C@@H]1CCOC(C)(C)C1. The highest BCUT2D eigenvalue weighted by molar-refractivity contribution is 7.12. The number of hydrogen-bond donors (Lipinski definition) is 1. The van der Waals surface area contributed by atoms with Crippen LogP contribution in [0.25, 0.3) is 0 Å². The average Bonchev–Trinajstić information content (AvgIpc) is 2.95. The standard InChI is InChI=1S/C18H29NO2S/c1-13(2)15(14-8-10-21-18(3,4)12-14)7-9-19-17(20)16-6-5-11-22-16/h5-6,11,13-15H,7-10,12H2,1-4H3,(H,19,20)/t14-,15+/m1/s1. The predicted octanol–water partition coefficient (Wildman–Crippen LogP) is 4.35. The normalized spacial score (nSPS) is 22.5. The molecule has 1 aliphatic heterocycles. The lowest BCUT2D eigenvalue weighted by atomic mass is 9.73. The number of hydrogen-bond acceptors (Lipinski definition) is 3. The molecule has 0 spiro atoms. The lowest BCUT2D eigenvalue weighted by molar-refractivity contribution is -0.0867. The van der Waals surface area contributed by atoms with E-state index >= 15 is 0 Å². The molecule has 0 aliphatic carbocycles. The van der Waals surface area contributed by atoms with Gasteiger partial charge in [0.2, 0.25) is 0 Å². The summed E-state index contributed by atoms with van der Waals surface area (Å²) in [6.45, 7) is 10.6. The van der Waals surface area contributed by atoms with Gasteiger partial charge in [0.05, 0.1) is 10.5 Å². The van der Waals surface area contributed by atoms with Gasteiger partial charge in [-0.05, 0) is 62.3 Å². The summed E-state index contributed by atoms with van der Waals surface area (Å²) in [4.78, 5) is 12.8. The molecule has 1 aromatic heterocycles. The van der Waals surface area contributed by atoms with Gasteiger partial charge in [0.1, 0.15) is 0 Å². The van der Waals surface area contributed by atoms with Crippen LogP contribution < -0.4 is 5.32 Å². The zero-order valence-electron chi connectivity index (χ0n) is 14.2. The van der Waals surface area contributed by atoms with Gasteiger partial charge in [0.25, 0.3) is 5.91 Å². The Morgan fingerprint density at radius 3 is 2.86 bits per heavy atom. The highest BCUT2D eigenvalue weighted by Crippen LogP contribution is 2.37. The Morgan fingerprint density at radius 2 is 2.27 bits per heavy atom. The van der Waals surface area contributed by atoms with E-state index in [1.807, 2.05) is 17.5 Å². The van der Waals surface area contributed by atoms with E-state index in [1.54, 1.807) is 0 Å². The van der Waals surface area contributed by atoms with Crippen LogP contribution in [0.3, 0.4) is 0 Å². The minimum absolute atomic E-state index is 0.00370. The molecule has 124 valence electrons. The second kappa shape index (κ2) is 7.60. The van der Waals surface area contributed by atoms with Crippen LogP contribution in [0.15, 0.2) is 17.5 Å². The number of rotatable bonds is 6. The Balaban J connectivity index is 1.85. The van der Waals surface area contributed by atoms with Crippen molar-refractivity contribution in [1.29, 1.82) is 0 Å². The summed E-state index contributed by atoms with van der Waals surface area (Å²) < 4.78 is 5.85. The van der Waals surface area contributed by atoms with Crippen LogP contribution in [0.2, 0.25) is 0 Å². The van der Waals surface area contributed by atoms with Crippen molar-refractivity contribution in [3.8, 4) is 0 Å². The number of carbonyl (C=O) groups is 1. The van der Waals surface area contributed by atoms with Gasteiger partial charge in [0, 0.05) is 13.2 Å². The van der Waals surface area contributed by atoms with E-state index in [1.165, 1.54) is 11.3 Å². The first kappa shape index (κ1) is 17.5. The first-order chi connectivity index (χ1) is 10.4. The van der Waals surface area contributed by atoms with Gasteiger partial charge in [-0.15, -0.1) is 11.3 Å². The molecule has 1 aliphatic rings. The van der Waals surface area contributed by atoms with Gasteiger partial charge in [-0.2, -0.15) is 0 Å². The Bertz CT molecular complexity index is 467. The summed E-state index contributed by atoms with van der Waals surface area (Å²) in [7, 11) is 0. The van der Waals surface area contributed by atoms with E-state index in [4.69, 9.17) is 4.74 Å². The number of amides is 1. The summed E-state index contributed by atoms with van der Waals surface area (Å²) in [5.74, 6) is 2.04. The molecule has 1 aromatic rings. The van der Waals surface area contributed by atoms with Crippen molar-refractivity contribution in [2.24, 2.45) is 17.8 Å². The minimum Gasteiger partial charge on any atom is -0.376 e. The summed E-state index contributed by atoms with van der Waals surface area (Å²) in [6, 6.07) is 3.79. The quantitative estimate of drug-likeness (QED) is 0.845. The molecule has 2 heterocycles. The van der Waals surface area contributed by atoms with E-state index < -0.39 is 0 Å². The highest BCUT2D eigenvalue weighted by Gasteiger charge is 2.34. The maximum atomic E-state index is 12.0. The monoisotopic (exact) mass is 323 g/mol. The van der Waals surface area contributed by atoms with Crippen molar-refractivity contribution < 1.29 is 9.53 Å². The van der Waals surface area contributed by atoms with Crippen molar-refractivity contribution in [1.82, 2.24) is 5.32 Å². The van der Waals surface area contributed by atoms with Crippen LogP contribution in [0.1, 0.15) is 56.6 Å². The summed E-state index contributed by atoms with van der Waals surface area (Å²) in [5, 5.41) is 5.01. The van der Waals surface area contributed by atoms with Crippen molar-refractivity contribution in [2.75, 3.05) is 13.2 Å². The fourth-order valence-corrected chi connectivity index (χ4v) is 4.25. The lowest BCUT2D eigenvalue weighted by Gasteiger charge is -2.40. The molecule has 0 radical (unpaired) electrons. The molecular weight excluding hydrogens is 294 g/mol. The Kier molecular flexibility index (Phi) is 6.04. The van der Waals surface area contributed by atoms with Gasteiger partial charge in [-0.1, -0.05) is 19.9 Å². The van der Waals surface area contributed by atoms with Crippen LogP contribution in [-0.2, 0) is 4.74 Å².